The van der Waals surface area contributed by atoms with E-state index in [-0.39, 0.29) is 17.1 Å². The number of rotatable bonds is 3. The van der Waals surface area contributed by atoms with E-state index in [0.717, 1.165) is 17.7 Å². The Kier molecular flexibility index (Phi) is 4.31. The minimum absolute atomic E-state index is 0.0451. The van der Waals surface area contributed by atoms with Crippen LogP contribution in [0.2, 0.25) is 0 Å². The van der Waals surface area contributed by atoms with Crippen LogP contribution in [0, 0.1) is 0 Å². The molecule has 0 aliphatic carbocycles. The summed E-state index contributed by atoms with van der Waals surface area (Å²) in [5, 5.41) is 4.20. The van der Waals surface area contributed by atoms with E-state index < -0.39 is 17.2 Å². The molecule has 2 heterocycles. The van der Waals surface area contributed by atoms with Crippen molar-refractivity contribution in [2.75, 3.05) is 0 Å². The lowest BCUT2D eigenvalue weighted by atomic mass is 10.1. The highest BCUT2D eigenvalue weighted by molar-refractivity contribution is 5.74. The van der Waals surface area contributed by atoms with Crippen LogP contribution in [-0.4, -0.2) is 14.8 Å². The maximum absolute atomic E-state index is 13.0. The Labute approximate surface area is 156 Å². The Morgan fingerprint density at radius 2 is 1.71 bits per heavy atom. The predicted molar refractivity (Wildman–Crippen MR) is 95.8 cm³/mol. The number of hydrogen-bond donors (Lipinski definition) is 0. The molecule has 0 saturated carbocycles. The molecule has 0 N–H and O–H groups in total. The number of hydrogen-bond acceptors (Lipinski definition) is 4. The molecule has 4 aromatic rings. The molecule has 2 aromatic heterocycles. The molecule has 28 heavy (non-hydrogen) atoms. The molecular formula is C20H12F3N3O2. The normalized spacial score (nSPS) is 11.5. The molecule has 5 nitrogen and oxygen atoms in total. The zero-order chi connectivity index (χ0) is 19.7. The molecule has 0 amide bonds. The Morgan fingerprint density at radius 1 is 0.929 bits per heavy atom. The highest BCUT2D eigenvalue weighted by atomic mass is 19.4. The number of oxazole rings is 1. The van der Waals surface area contributed by atoms with Gasteiger partial charge in [-0.2, -0.15) is 18.3 Å². The summed E-state index contributed by atoms with van der Waals surface area (Å²) in [5.41, 5.74) is 0.0240. The van der Waals surface area contributed by atoms with E-state index in [1.54, 1.807) is 12.1 Å². The van der Waals surface area contributed by atoms with Crippen LogP contribution >= 0.6 is 0 Å². The van der Waals surface area contributed by atoms with Gasteiger partial charge in [-0.25, -0.2) is 9.67 Å². The van der Waals surface area contributed by atoms with Gasteiger partial charge in [0.15, 0.2) is 17.8 Å². The Bertz CT molecular complexity index is 1180. The van der Waals surface area contributed by atoms with Gasteiger partial charge >= 0.3 is 6.18 Å². The van der Waals surface area contributed by atoms with Crippen LogP contribution in [0.15, 0.2) is 82.5 Å². The SMILES string of the molecule is O=c1ccn(-c2cccc(C(F)(F)F)c2)nc1-c1ocnc1-c1ccccc1. The van der Waals surface area contributed by atoms with Crippen molar-refractivity contribution in [2.45, 2.75) is 6.18 Å². The molecule has 2 aromatic carbocycles. The van der Waals surface area contributed by atoms with E-state index in [1.165, 1.54) is 35.5 Å². The predicted octanol–water partition coefficient (Wildman–Crippen LogP) is 4.57. The molecule has 4 rings (SSSR count). The smallest absolute Gasteiger partial charge is 0.416 e. The van der Waals surface area contributed by atoms with Gasteiger partial charge in [0.2, 0.25) is 5.43 Å². The van der Waals surface area contributed by atoms with Gasteiger partial charge in [-0.15, -0.1) is 0 Å². The van der Waals surface area contributed by atoms with Crippen molar-refractivity contribution in [3.8, 4) is 28.4 Å². The molecule has 8 heteroatoms. The van der Waals surface area contributed by atoms with Crippen LogP contribution in [0.1, 0.15) is 5.56 Å². The van der Waals surface area contributed by atoms with Crippen LogP contribution in [0.3, 0.4) is 0 Å². The van der Waals surface area contributed by atoms with Crippen molar-refractivity contribution in [3.05, 3.63) is 89.0 Å². The van der Waals surface area contributed by atoms with Gasteiger partial charge in [0.05, 0.1) is 11.3 Å². The molecule has 0 fully saturated rings. The average molecular weight is 383 g/mol. The van der Waals surface area contributed by atoms with Gasteiger partial charge in [0, 0.05) is 17.8 Å². The second-order valence-corrected chi connectivity index (χ2v) is 5.92. The van der Waals surface area contributed by atoms with Gasteiger partial charge in [0.25, 0.3) is 0 Å². The summed E-state index contributed by atoms with van der Waals surface area (Å²) in [7, 11) is 0. The number of benzene rings is 2. The number of alkyl halides is 3. The summed E-state index contributed by atoms with van der Waals surface area (Å²) in [4.78, 5) is 16.5. The summed E-state index contributed by atoms with van der Waals surface area (Å²) < 4.78 is 45.5. The third-order valence-corrected chi connectivity index (χ3v) is 4.08. The molecule has 140 valence electrons. The quantitative estimate of drug-likeness (QED) is 0.520. The summed E-state index contributed by atoms with van der Waals surface area (Å²) in [6.45, 7) is 0. The standard InChI is InChI=1S/C20H12F3N3O2/c21-20(22,23)14-7-4-8-15(11-14)26-10-9-16(27)18(25-26)19-17(24-12-28-19)13-5-2-1-3-6-13/h1-12H. The largest absolute Gasteiger partial charge is 0.441 e. The van der Waals surface area contributed by atoms with Crippen molar-refractivity contribution in [1.82, 2.24) is 14.8 Å². The van der Waals surface area contributed by atoms with Crippen molar-refractivity contribution in [3.63, 3.8) is 0 Å². The van der Waals surface area contributed by atoms with E-state index in [0.29, 0.717) is 5.69 Å². The van der Waals surface area contributed by atoms with Crippen LogP contribution in [0.5, 0.6) is 0 Å². The van der Waals surface area contributed by atoms with Crippen LogP contribution in [0.25, 0.3) is 28.4 Å². The molecular weight excluding hydrogens is 371 g/mol. The third-order valence-electron chi connectivity index (χ3n) is 4.08. The molecule has 0 saturated heterocycles. The lowest BCUT2D eigenvalue weighted by Crippen LogP contribution is -2.13. The first-order valence-electron chi connectivity index (χ1n) is 8.20. The van der Waals surface area contributed by atoms with Gasteiger partial charge in [-0.3, -0.25) is 4.79 Å². The maximum atomic E-state index is 13.0. The monoisotopic (exact) mass is 383 g/mol. The lowest BCUT2D eigenvalue weighted by molar-refractivity contribution is -0.137. The zero-order valence-corrected chi connectivity index (χ0v) is 14.2. The summed E-state index contributed by atoms with van der Waals surface area (Å²) >= 11 is 0. The number of nitrogens with zero attached hydrogens (tertiary/aromatic N) is 3. The minimum Gasteiger partial charge on any atom is -0.441 e. The first kappa shape index (κ1) is 17.7. The molecule has 0 spiro atoms. The first-order valence-corrected chi connectivity index (χ1v) is 8.20. The van der Waals surface area contributed by atoms with E-state index in [1.807, 2.05) is 18.2 Å². The lowest BCUT2D eigenvalue weighted by Gasteiger charge is -2.11. The summed E-state index contributed by atoms with van der Waals surface area (Å²) in [6, 6.07) is 15.0. The highest BCUT2D eigenvalue weighted by Gasteiger charge is 2.30. The van der Waals surface area contributed by atoms with E-state index in [9.17, 15) is 18.0 Å². The molecule has 0 bridgehead atoms. The van der Waals surface area contributed by atoms with Crippen molar-refractivity contribution in [2.24, 2.45) is 0 Å². The van der Waals surface area contributed by atoms with Crippen LogP contribution in [0.4, 0.5) is 13.2 Å². The molecule has 0 aliphatic rings. The fourth-order valence-corrected chi connectivity index (χ4v) is 2.75. The van der Waals surface area contributed by atoms with E-state index >= 15 is 0 Å². The summed E-state index contributed by atoms with van der Waals surface area (Å²) in [6.07, 6.45) is -1.98. The van der Waals surface area contributed by atoms with Gasteiger partial charge in [-0.05, 0) is 18.2 Å². The van der Waals surface area contributed by atoms with Gasteiger partial charge in [0.1, 0.15) is 5.69 Å². The van der Waals surface area contributed by atoms with Crippen LogP contribution in [-0.2, 0) is 6.18 Å². The highest BCUT2D eigenvalue weighted by Crippen LogP contribution is 2.31. The second kappa shape index (κ2) is 6.80. The van der Waals surface area contributed by atoms with Crippen LogP contribution < -0.4 is 5.43 Å². The third kappa shape index (κ3) is 3.32. The molecule has 0 radical (unpaired) electrons. The fraction of sp³-hybridized carbons (Fsp3) is 0.0500. The Morgan fingerprint density at radius 3 is 2.46 bits per heavy atom. The Balaban J connectivity index is 1.83. The van der Waals surface area contributed by atoms with Crippen molar-refractivity contribution < 1.29 is 17.6 Å². The second-order valence-electron chi connectivity index (χ2n) is 5.92. The number of halogens is 3. The van der Waals surface area contributed by atoms with Gasteiger partial charge < -0.3 is 4.42 Å². The fourth-order valence-electron chi connectivity index (χ4n) is 2.75. The topological polar surface area (TPSA) is 60.9 Å². The Hall–Kier alpha value is -3.68. The van der Waals surface area contributed by atoms with E-state index in [2.05, 4.69) is 10.1 Å². The maximum Gasteiger partial charge on any atom is 0.416 e. The summed E-state index contributed by atoms with van der Waals surface area (Å²) in [5.74, 6) is 0.150. The van der Waals surface area contributed by atoms with Crippen molar-refractivity contribution in [1.29, 1.82) is 0 Å². The molecule has 0 aliphatic heterocycles. The van der Waals surface area contributed by atoms with E-state index in [4.69, 9.17) is 4.42 Å². The zero-order valence-electron chi connectivity index (χ0n) is 14.2. The molecule has 0 atom stereocenters. The first-order chi connectivity index (χ1) is 13.4. The van der Waals surface area contributed by atoms with Gasteiger partial charge in [-0.1, -0.05) is 36.4 Å². The number of aromatic nitrogens is 3. The van der Waals surface area contributed by atoms with Crippen molar-refractivity contribution >= 4 is 0 Å². The average Bonchev–Trinajstić information content (AvgIpc) is 3.18. The minimum atomic E-state index is -4.48. The molecule has 0 unspecified atom stereocenters.